The first-order valence-corrected chi connectivity index (χ1v) is 6.69. The molecule has 108 valence electrons. The lowest BCUT2D eigenvalue weighted by Gasteiger charge is -2.21. The zero-order chi connectivity index (χ0) is 14.7. The molecule has 0 saturated heterocycles. The fourth-order valence-corrected chi connectivity index (χ4v) is 2.32. The van der Waals surface area contributed by atoms with Gasteiger partial charge in [-0.3, -0.25) is 14.8 Å². The van der Waals surface area contributed by atoms with Crippen LogP contribution in [0.1, 0.15) is 45.1 Å². The molecule has 6 heteroatoms. The van der Waals surface area contributed by atoms with Gasteiger partial charge < -0.3 is 5.32 Å². The number of aromatic nitrogens is 2. The van der Waals surface area contributed by atoms with E-state index in [0.717, 1.165) is 0 Å². The van der Waals surface area contributed by atoms with Crippen molar-refractivity contribution in [3.8, 4) is 0 Å². The number of rotatable bonds is 6. The second kappa shape index (κ2) is 6.14. The SMILES string of the molecule is CNC(Cc1c([N+](=O)[O-])c(C)nn1C(C)C)C(C)C. The van der Waals surface area contributed by atoms with Crippen molar-refractivity contribution in [3.05, 3.63) is 21.5 Å². The molecule has 1 aromatic rings. The Kier molecular flexibility index (Phi) is 5.05. The Morgan fingerprint density at radius 1 is 1.37 bits per heavy atom. The van der Waals surface area contributed by atoms with Gasteiger partial charge in [0.1, 0.15) is 11.4 Å². The van der Waals surface area contributed by atoms with Crippen LogP contribution in [-0.2, 0) is 6.42 Å². The van der Waals surface area contributed by atoms with Crippen molar-refractivity contribution in [1.82, 2.24) is 15.1 Å². The summed E-state index contributed by atoms with van der Waals surface area (Å²) in [7, 11) is 1.89. The summed E-state index contributed by atoms with van der Waals surface area (Å²) < 4.78 is 1.78. The van der Waals surface area contributed by atoms with Crippen LogP contribution < -0.4 is 5.32 Å². The number of hydrogen-bond donors (Lipinski definition) is 1. The molecule has 0 aromatic carbocycles. The Balaban J connectivity index is 3.25. The van der Waals surface area contributed by atoms with Gasteiger partial charge in [-0.05, 0) is 33.7 Å². The number of nitrogens with zero attached hydrogens (tertiary/aromatic N) is 3. The lowest BCUT2D eigenvalue weighted by molar-refractivity contribution is -0.386. The summed E-state index contributed by atoms with van der Waals surface area (Å²) in [6, 6.07) is 0.319. The molecular formula is C13H24N4O2. The van der Waals surface area contributed by atoms with E-state index in [0.29, 0.717) is 23.7 Å². The van der Waals surface area contributed by atoms with Gasteiger partial charge in [0.2, 0.25) is 0 Å². The summed E-state index contributed by atoms with van der Waals surface area (Å²) in [6.45, 7) is 9.89. The minimum atomic E-state index is -0.316. The van der Waals surface area contributed by atoms with Crippen LogP contribution in [0, 0.1) is 23.0 Å². The molecule has 0 aliphatic carbocycles. The number of hydrogen-bond acceptors (Lipinski definition) is 4. The molecule has 0 aliphatic heterocycles. The topological polar surface area (TPSA) is 73.0 Å². The molecule has 1 aromatic heterocycles. The quantitative estimate of drug-likeness (QED) is 0.635. The Bertz CT molecular complexity index is 452. The molecular weight excluding hydrogens is 244 g/mol. The number of nitro groups is 1. The summed E-state index contributed by atoms with van der Waals surface area (Å²) in [5.74, 6) is 0.403. The average molecular weight is 268 g/mol. The minimum absolute atomic E-state index is 0.118. The highest BCUT2D eigenvalue weighted by Crippen LogP contribution is 2.27. The molecule has 1 unspecified atom stereocenters. The summed E-state index contributed by atoms with van der Waals surface area (Å²) in [5, 5.41) is 18.8. The summed E-state index contributed by atoms with van der Waals surface area (Å²) in [4.78, 5) is 10.9. The standard InChI is InChI=1S/C13H24N4O2/c1-8(2)11(14-6)7-12-13(17(18)19)10(5)15-16(12)9(3)4/h8-9,11,14H,7H2,1-6H3. The number of nitrogens with one attached hydrogen (secondary N) is 1. The molecule has 0 amide bonds. The van der Waals surface area contributed by atoms with E-state index in [1.54, 1.807) is 11.6 Å². The van der Waals surface area contributed by atoms with Crippen molar-refractivity contribution in [2.75, 3.05) is 7.05 Å². The van der Waals surface area contributed by atoms with Gasteiger partial charge in [0.05, 0.1) is 4.92 Å². The van der Waals surface area contributed by atoms with Crippen molar-refractivity contribution in [2.45, 2.75) is 53.1 Å². The van der Waals surface area contributed by atoms with E-state index in [4.69, 9.17) is 0 Å². The molecule has 1 N–H and O–H groups in total. The Hall–Kier alpha value is -1.43. The third-order valence-electron chi connectivity index (χ3n) is 3.41. The van der Waals surface area contributed by atoms with Gasteiger partial charge in [0.15, 0.2) is 0 Å². The lowest BCUT2D eigenvalue weighted by Crippen LogP contribution is -2.34. The van der Waals surface area contributed by atoms with Crippen LogP contribution >= 0.6 is 0 Å². The zero-order valence-electron chi connectivity index (χ0n) is 12.6. The van der Waals surface area contributed by atoms with E-state index in [9.17, 15) is 10.1 Å². The van der Waals surface area contributed by atoms with Crippen molar-refractivity contribution >= 4 is 5.69 Å². The third kappa shape index (κ3) is 3.32. The maximum Gasteiger partial charge on any atom is 0.313 e. The van der Waals surface area contributed by atoms with Gasteiger partial charge in [0, 0.05) is 18.5 Å². The first kappa shape index (κ1) is 15.6. The van der Waals surface area contributed by atoms with Gasteiger partial charge in [0.25, 0.3) is 0 Å². The van der Waals surface area contributed by atoms with Crippen LogP contribution in [0.15, 0.2) is 0 Å². The van der Waals surface area contributed by atoms with Crippen LogP contribution in [0.4, 0.5) is 5.69 Å². The van der Waals surface area contributed by atoms with Crippen LogP contribution in [0.5, 0.6) is 0 Å². The summed E-state index contributed by atoms with van der Waals surface area (Å²) in [6.07, 6.45) is 0.615. The molecule has 0 spiro atoms. The van der Waals surface area contributed by atoms with Gasteiger partial charge in [-0.1, -0.05) is 13.8 Å². The predicted octanol–water partition coefficient (Wildman–Crippen LogP) is 2.47. The van der Waals surface area contributed by atoms with Crippen LogP contribution in [-0.4, -0.2) is 27.8 Å². The maximum atomic E-state index is 11.3. The predicted molar refractivity (Wildman–Crippen MR) is 75.4 cm³/mol. The number of likely N-dealkylation sites (N-methyl/N-ethyl adjacent to an activating group) is 1. The second-order valence-corrected chi connectivity index (χ2v) is 5.52. The van der Waals surface area contributed by atoms with E-state index >= 15 is 0 Å². The molecule has 1 rings (SSSR count). The monoisotopic (exact) mass is 268 g/mol. The first-order chi connectivity index (χ1) is 8.79. The maximum absolute atomic E-state index is 11.3. The van der Waals surface area contributed by atoms with Gasteiger partial charge in [-0.25, -0.2) is 0 Å². The van der Waals surface area contributed by atoms with E-state index in [1.165, 1.54) is 0 Å². The lowest BCUT2D eigenvalue weighted by atomic mass is 9.98. The minimum Gasteiger partial charge on any atom is -0.316 e. The summed E-state index contributed by atoms with van der Waals surface area (Å²) in [5.41, 5.74) is 1.37. The van der Waals surface area contributed by atoms with Crippen molar-refractivity contribution < 1.29 is 4.92 Å². The highest BCUT2D eigenvalue weighted by molar-refractivity contribution is 5.41. The van der Waals surface area contributed by atoms with Gasteiger partial charge in [-0.2, -0.15) is 5.10 Å². The van der Waals surface area contributed by atoms with Crippen LogP contribution in [0.25, 0.3) is 0 Å². The molecule has 1 atom stereocenters. The molecule has 19 heavy (non-hydrogen) atoms. The van der Waals surface area contributed by atoms with E-state index < -0.39 is 0 Å². The third-order valence-corrected chi connectivity index (χ3v) is 3.41. The Morgan fingerprint density at radius 2 is 1.95 bits per heavy atom. The molecule has 0 bridgehead atoms. The van der Waals surface area contributed by atoms with Crippen LogP contribution in [0.3, 0.4) is 0 Å². The fraction of sp³-hybridized carbons (Fsp3) is 0.769. The molecule has 1 heterocycles. The highest BCUT2D eigenvalue weighted by Gasteiger charge is 2.28. The van der Waals surface area contributed by atoms with Crippen LogP contribution in [0.2, 0.25) is 0 Å². The normalized spacial score (nSPS) is 13.3. The second-order valence-electron chi connectivity index (χ2n) is 5.52. The molecule has 0 saturated carbocycles. The Morgan fingerprint density at radius 3 is 2.32 bits per heavy atom. The molecule has 6 nitrogen and oxygen atoms in total. The van der Waals surface area contributed by atoms with Crippen molar-refractivity contribution in [1.29, 1.82) is 0 Å². The van der Waals surface area contributed by atoms with E-state index in [1.807, 2.05) is 20.9 Å². The Labute approximate surface area is 114 Å². The summed E-state index contributed by atoms with van der Waals surface area (Å²) >= 11 is 0. The first-order valence-electron chi connectivity index (χ1n) is 6.69. The van der Waals surface area contributed by atoms with E-state index in [-0.39, 0.29) is 22.7 Å². The number of aryl methyl sites for hydroxylation is 1. The average Bonchev–Trinajstić information content (AvgIpc) is 2.62. The zero-order valence-corrected chi connectivity index (χ0v) is 12.6. The largest absolute Gasteiger partial charge is 0.316 e. The van der Waals surface area contributed by atoms with Gasteiger partial charge in [-0.15, -0.1) is 0 Å². The smallest absolute Gasteiger partial charge is 0.313 e. The van der Waals surface area contributed by atoms with Gasteiger partial charge >= 0.3 is 5.69 Å². The molecule has 0 radical (unpaired) electrons. The fourth-order valence-electron chi connectivity index (χ4n) is 2.32. The van der Waals surface area contributed by atoms with E-state index in [2.05, 4.69) is 24.3 Å². The highest BCUT2D eigenvalue weighted by atomic mass is 16.6. The van der Waals surface area contributed by atoms with Crippen molar-refractivity contribution in [2.24, 2.45) is 5.92 Å². The molecule has 0 fully saturated rings. The van der Waals surface area contributed by atoms with Crippen molar-refractivity contribution in [3.63, 3.8) is 0 Å². The molecule has 0 aliphatic rings.